The van der Waals surface area contributed by atoms with Gasteiger partial charge in [0.1, 0.15) is 3.70 Å². The Balaban J connectivity index is 3.28. The molecule has 0 spiro atoms. The Bertz CT molecular complexity index is 302. The standard InChI is InChI=1S/C6H2F4IN/c7-4-2(5(8)9)1-3(11)12-6(4)10/h1,5H. The number of rotatable bonds is 1. The van der Waals surface area contributed by atoms with Gasteiger partial charge in [0, 0.05) is 0 Å². The Morgan fingerprint density at radius 1 is 1.33 bits per heavy atom. The first-order valence-electron chi connectivity index (χ1n) is 2.82. The van der Waals surface area contributed by atoms with Gasteiger partial charge in [0.05, 0.1) is 5.56 Å². The summed E-state index contributed by atoms with van der Waals surface area (Å²) >= 11 is 1.53. The molecular weight excluding hydrogens is 289 g/mol. The van der Waals surface area contributed by atoms with E-state index in [0.29, 0.717) is 0 Å². The van der Waals surface area contributed by atoms with Gasteiger partial charge in [0.15, 0.2) is 5.82 Å². The molecule has 1 aromatic rings. The minimum Gasteiger partial charge on any atom is -0.211 e. The van der Waals surface area contributed by atoms with Gasteiger partial charge in [0.25, 0.3) is 6.43 Å². The second kappa shape index (κ2) is 3.55. The fourth-order valence-electron chi connectivity index (χ4n) is 0.645. The summed E-state index contributed by atoms with van der Waals surface area (Å²) < 4.78 is 48.8. The van der Waals surface area contributed by atoms with E-state index in [4.69, 9.17) is 0 Å². The normalized spacial score (nSPS) is 10.8. The van der Waals surface area contributed by atoms with Crippen molar-refractivity contribution in [3.05, 3.63) is 27.1 Å². The lowest BCUT2D eigenvalue weighted by Crippen LogP contribution is -1.99. The number of pyridine rings is 1. The van der Waals surface area contributed by atoms with E-state index in [9.17, 15) is 17.6 Å². The number of hydrogen-bond donors (Lipinski definition) is 0. The molecule has 0 aliphatic rings. The lowest BCUT2D eigenvalue weighted by Gasteiger charge is -2.01. The molecule has 0 radical (unpaired) electrons. The Labute approximate surface area is 78.9 Å². The summed E-state index contributed by atoms with van der Waals surface area (Å²) in [7, 11) is 0. The first-order valence-corrected chi connectivity index (χ1v) is 3.90. The van der Waals surface area contributed by atoms with Crippen LogP contribution >= 0.6 is 22.6 Å². The van der Waals surface area contributed by atoms with Crippen molar-refractivity contribution in [2.24, 2.45) is 0 Å². The molecule has 1 rings (SSSR count). The summed E-state index contributed by atoms with van der Waals surface area (Å²) in [5.74, 6) is -3.07. The van der Waals surface area contributed by atoms with Crippen LogP contribution in [0.5, 0.6) is 0 Å². The van der Waals surface area contributed by atoms with Gasteiger partial charge in [-0.2, -0.15) is 4.39 Å². The number of hydrogen-bond acceptors (Lipinski definition) is 1. The SMILES string of the molecule is Fc1nc(I)cc(C(F)F)c1F. The fraction of sp³-hybridized carbons (Fsp3) is 0.167. The van der Waals surface area contributed by atoms with Crippen LogP contribution in [0.4, 0.5) is 17.6 Å². The van der Waals surface area contributed by atoms with Gasteiger partial charge in [-0.3, -0.25) is 0 Å². The zero-order valence-electron chi connectivity index (χ0n) is 5.49. The van der Waals surface area contributed by atoms with Gasteiger partial charge in [-0.15, -0.1) is 0 Å². The van der Waals surface area contributed by atoms with Crippen molar-refractivity contribution in [2.75, 3.05) is 0 Å². The quantitative estimate of drug-likeness (QED) is 0.440. The predicted octanol–water partition coefficient (Wildman–Crippen LogP) is 2.90. The monoisotopic (exact) mass is 291 g/mol. The molecule has 66 valence electrons. The molecule has 0 unspecified atom stereocenters. The minimum atomic E-state index is -3.02. The van der Waals surface area contributed by atoms with Crippen LogP contribution in [0.1, 0.15) is 12.0 Å². The first kappa shape index (κ1) is 9.69. The third-order valence-electron chi connectivity index (χ3n) is 1.15. The van der Waals surface area contributed by atoms with Gasteiger partial charge in [0.2, 0.25) is 5.95 Å². The molecule has 0 amide bonds. The van der Waals surface area contributed by atoms with Crippen molar-refractivity contribution in [2.45, 2.75) is 6.43 Å². The van der Waals surface area contributed by atoms with E-state index in [2.05, 4.69) is 4.98 Å². The van der Waals surface area contributed by atoms with E-state index in [0.717, 1.165) is 6.07 Å². The molecule has 12 heavy (non-hydrogen) atoms. The summed E-state index contributed by atoms with van der Waals surface area (Å²) in [5, 5.41) is 0. The van der Waals surface area contributed by atoms with Crippen LogP contribution in [-0.2, 0) is 0 Å². The first-order chi connectivity index (χ1) is 5.52. The van der Waals surface area contributed by atoms with Crippen LogP contribution in [0.25, 0.3) is 0 Å². The molecule has 0 saturated carbocycles. The highest BCUT2D eigenvalue weighted by Gasteiger charge is 2.18. The summed E-state index contributed by atoms with van der Waals surface area (Å²) in [5.41, 5.74) is -0.952. The van der Waals surface area contributed by atoms with Crippen LogP contribution in [-0.4, -0.2) is 4.98 Å². The van der Waals surface area contributed by atoms with E-state index < -0.39 is 23.8 Å². The molecular formula is C6H2F4IN. The second-order valence-corrected chi connectivity index (χ2v) is 3.04. The molecule has 1 aromatic heterocycles. The maximum atomic E-state index is 12.5. The van der Waals surface area contributed by atoms with Crippen LogP contribution in [0.2, 0.25) is 0 Å². The van der Waals surface area contributed by atoms with Crippen molar-refractivity contribution >= 4 is 22.6 Å². The maximum absolute atomic E-state index is 12.5. The number of alkyl halides is 2. The summed E-state index contributed by atoms with van der Waals surface area (Å²) in [6.07, 6.45) is -3.02. The molecule has 0 N–H and O–H groups in total. The largest absolute Gasteiger partial charge is 0.266 e. The predicted molar refractivity (Wildman–Crippen MR) is 41.8 cm³/mol. The third kappa shape index (κ3) is 1.85. The van der Waals surface area contributed by atoms with E-state index in [1.54, 1.807) is 0 Å². The topological polar surface area (TPSA) is 12.9 Å². The minimum absolute atomic E-state index is 0.00167. The summed E-state index contributed by atoms with van der Waals surface area (Å²) in [6.45, 7) is 0. The Hall–Kier alpha value is -0.400. The molecule has 0 aliphatic carbocycles. The van der Waals surface area contributed by atoms with Crippen molar-refractivity contribution in [3.8, 4) is 0 Å². The highest BCUT2D eigenvalue weighted by molar-refractivity contribution is 14.1. The van der Waals surface area contributed by atoms with Crippen LogP contribution < -0.4 is 0 Å². The fourth-order valence-corrected chi connectivity index (χ4v) is 1.19. The molecule has 6 heteroatoms. The molecule has 0 atom stereocenters. The van der Waals surface area contributed by atoms with Gasteiger partial charge >= 0.3 is 0 Å². The summed E-state index contributed by atoms with van der Waals surface area (Å²) in [6, 6.07) is 0.809. The van der Waals surface area contributed by atoms with Crippen molar-refractivity contribution in [1.29, 1.82) is 0 Å². The highest BCUT2D eigenvalue weighted by Crippen LogP contribution is 2.23. The number of nitrogens with zero attached hydrogens (tertiary/aromatic N) is 1. The molecule has 0 bridgehead atoms. The maximum Gasteiger partial charge on any atom is 0.266 e. The number of aromatic nitrogens is 1. The smallest absolute Gasteiger partial charge is 0.211 e. The zero-order chi connectivity index (χ0) is 9.30. The zero-order valence-corrected chi connectivity index (χ0v) is 7.65. The van der Waals surface area contributed by atoms with Gasteiger partial charge < -0.3 is 0 Å². The number of halogens is 5. The van der Waals surface area contributed by atoms with Gasteiger partial charge in [-0.05, 0) is 28.7 Å². The molecule has 1 nitrogen and oxygen atoms in total. The van der Waals surface area contributed by atoms with E-state index in [1.807, 2.05) is 0 Å². The second-order valence-electron chi connectivity index (χ2n) is 1.94. The van der Waals surface area contributed by atoms with E-state index in [1.165, 1.54) is 22.6 Å². The van der Waals surface area contributed by atoms with Crippen molar-refractivity contribution < 1.29 is 17.6 Å². The molecule has 1 heterocycles. The highest BCUT2D eigenvalue weighted by atomic mass is 127. The van der Waals surface area contributed by atoms with Crippen molar-refractivity contribution in [3.63, 3.8) is 0 Å². The Morgan fingerprint density at radius 3 is 2.42 bits per heavy atom. The Morgan fingerprint density at radius 2 is 1.92 bits per heavy atom. The lowest BCUT2D eigenvalue weighted by atomic mass is 10.3. The molecule has 0 saturated heterocycles. The van der Waals surface area contributed by atoms with Gasteiger partial charge in [-0.25, -0.2) is 18.2 Å². The van der Waals surface area contributed by atoms with E-state index >= 15 is 0 Å². The lowest BCUT2D eigenvalue weighted by molar-refractivity contribution is 0.144. The van der Waals surface area contributed by atoms with Crippen LogP contribution in [0, 0.1) is 15.5 Å². The Kier molecular flexibility index (Phi) is 2.86. The average molecular weight is 291 g/mol. The third-order valence-corrected chi connectivity index (χ3v) is 1.70. The van der Waals surface area contributed by atoms with Crippen molar-refractivity contribution in [1.82, 2.24) is 4.98 Å². The average Bonchev–Trinajstić information content (AvgIpc) is 1.96. The molecule has 0 fully saturated rings. The van der Waals surface area contributed by atoms with Gasteiger partial charge in [-0.1, -0.05) is 0 Å². The van der Waals surface area contributed by atoms with E-state index in [-0.39, 0.29) is 3.70 Å². The van der Waals surface area contributed by atoms with Crippen LogP contribution in [0.3, 0.4) is 0 Å². The molecule has 0 aromatic carbocycles. The van der Waals surface area contributed by atoms with Crippen LogP contribution in [0.15, 0.2) is 6.07 Å². The molecule has 0 aliphatic heterocycles. The summed E-state index contributed by atoms with van der Waals surface area (Å²) in [4.78, 5) is 3.03.